The van der Waals surface area contributed by atoms with Crippen LogP contribution in [-0.4, -0.2) is 76.1 Å². The number of nitrogens with zero attached hydrogens (tertiary/aromatic N) is 5. The zero-order valence-electron chi connectivity index (χ0n) is 19.6. The van der Waals surface area contributed by atoms with Gasteiger partial charge in [0.2, 0.25) is 11.8 Å². The van der Waals surface area contributed by atoms with Gasteiger partial charge in [-0.15, -0.1) is 0 Å². The number of hydrogen-bond donors (Lipinski definition) is 0. The molecule has 1 aliphatic heterocycles. The number of para-hydroxylation sites is 1. The summed E-state index contributed by atoms with van der Waals surface area (Å²) in [5, 5.41) is 4.87. The van der Waals surface area contributed by atoms with Gasteiger partial charge in [0.25, 0.3) is 0 Å². The molecule has 2 amide bonds. The summed E-state index contributed by atoms with van der Waals surface area (Å²) < 4.78 is 1.91. The molecule has 2 fully saturated rings. The van der Waals surface area contributed by atoms with Crippen LogP contribution in [0.15, 0.2) is 66.9 Å². The summed E-state index contributed by atoms with van der Waals surface area (Å²) in [6.45, 7) is 3.47. The van der Waals surface area contributed by atoms with Gasteiger partial charge in [0.05, 0.1) is 17.9 Å². The van der Waals surface area contributed by atoms with E-state index in [1.54, 1.807) is 0 Å². The standard InChI is InChI=1S/C27H31N5O2/c1-29(20-25(33)30-14-16-31(17-15-30)27(34)22-12-13-22)18-23-19-32(24-10-6-3-7-11-24)28-26(23)21-8-4-2-5-9-21/h2-11,19,22H,12-18,20H2,1H3. The van der Waals surface area contributed by atoms with Gasteiger partial charge in [0, 0.05) is 56.0 Å². The number of carbonyl (C=O) groups is 2. The Labute approximate surface area is 200 Å². The van der Waals surface area contributed by atoms with Crippen LogP contribution in [-0.2, 0) is 16.1 Å². The molecule has 0 radical (unpaired) electrons. The van der Waals surface area contributed by atoms with Crippen molar-refractivity contribution in [3.63, 3.8) is 0 Å². The van der Waals surface area contributed by atoms with Crippen LogP contribution < -0.4 is 0 Å². The molecule has 176 valence electrons. The van der Waals surface area contributed by atoms with Crippen molar-refractivity contribution in [3.8, 4) is 16.9 Å². The quantitative estimate of drug-likeness (QED) is 0.547. The molecule has 1 aromatic heterocycles. The van der Waals surface area contributed by atoms with Crippen molar-refractivity contribution in [2.75, 3.05) is 39.8 Å². The van der Waals surface area contributed by atoms with Gasteiger partial charge in [-0.1, -0.05) is 48.5 Å². The van der Waals surface area contributed by atoms with Crippen molar-refractivity contribution >= 4 is 11.8 Å². The summed E-state index contributed by atoms with van der Waals surface area (Å²) in [6.07, 6.45) is 4.10. The third-order valence-corrected chi connectivity index (χ3v) is 6.57. The third-order valence-electron chi connectivity index (χ3n) is 6.57. The van der Waals surface area contributed by atoms with Crippen molar-refractivity contribution in [1.82, 2.24) is 24.5 Å². The zero-order valence-corrected chi connectivity index (χ0v) is 19.6. The average Bonchev–Trinajstić information content (AvgIpc) is 3.65. The molecule has 0 N–H and O–H groups in total. The third kappa shape index (κ3) is 5.04. The second kappa shape index (κ2) is 9.81. The van der Waals surface area contributed by atoms with Crippen molar-refractivity contribution < 1.29 is 9.59 Å². The predicted molar refractivity (Wildman–Crippen MR) is 131 cm³/mol. The molecular weight excluding hydrogens is 426 g/mol. The number of aromatic nitrogens is 2. The summed E-state index contributed by atoms with van der Waals surface area (Å²) >= 11 is 0. The van der Waals surface area contributed by atoms with E-state index in [-0.39, 0.29) is 17.7 Å². The minimum absolute atomic E-state index is 0.109. The van der Waals surface area contributed by atoms with E-state index in [2.05, 4.69) is 18.3 Å². The Balaban J connectivity index is 1.25. The molecule has 2 heterocycles. The maximum atomic E-state index is 13.0. The lowest BCUT2D eigenvalue weighted by atomic mass is 10.1. The van der Waals surface area contributed by atoms with E-state index < -0.39 is 0 Å². The number of piperazine rings is 1. The molecule has 5 rings (SSSR count). The Kier molecular flexibility index (Phi) is 6.45. The monoisotopic (exact) mass is 457 g/mol. The van der Waals surface area contributed by atoms with E-state index in [9.17, 15) is 9.59 Å². The summed E-state index contributed by atoms with van der Waals surface area (Å²) in [6, 6.07) is 20.2. The second-order valence-corrected chi connectivity index (χ2v) is 9.30. The van der Waals surface area contributed by atoms with Gasteiger partial charge in [-0.2, -0.15) is 5.10 Å². The highest BCUT2D eigenvalue weighted by atomic mass is 16.2. The highest BCUT2D eigenvalue weighted by Crippen LogP contribution is 2.31. The fourth-order valence-electron chi connectivity index (χ4n) is 4.52. The minimum Gasteiger partial charge on any atom is -0.339 e. The fraction of sp³-hybridized carbons (Fsp3) is 0.370. The van der Waals surface area contributed by atoms with Gasteiger partial charge < -0.3 is 9.80 Å². The number of rotatable bonds is 7. The molecule has 7 heteroatoms. The lowest BCUT2D eigenvalue weighted by Gasteiger charge is -2.35. The second-order valence-electron chi connectivity index (χ2n) is 9.30. The van der Waals surface area contributed by atoms with Crippen molar-refractivity contribution in [2.45, 2.75) is 19.4 Å². The Hall–Kier alpha value is -3.45. The van der Waals surface area contributed by atoms with Gasteiger partial charge >= 0.3 is 0 Å². The predicted octanol–water partition coefficient (Wildman–Crippen LogP) is 3.05. The van der Waals surface area contributed by atoms with Gasteiger partial charge in [0.15, 0.2) is 0 Å². The first kappa shape index (κ1) is 22.3. The first-order valence-electron chi connectivity index (χ1n) is 12.0. The largest absolute Gasteiger partial charge is 0.339 e. The first-order chi connectivity index (χ1) is 16.6. The van der Waals surface area contributed by atoms with Crippen LogP contribution in [0.25, 0.3) is 16.9 Å². The van der Waals surface area contributed by atoms with Gasteiger partial charge in [0.1, 0.15) is 0 Å². The van der Waals surface area contributed by atoms with E-state index in [0.29, 0.717) is 39.3 Å². The zero-order chi connectivity index (χ0) is 23.5. The van der Waals surface area contributed by atoms with Crippen molar-refractivity contribution in [1.29, 1.82) is 0 Å². The maximum Gasteiger partial charge on any atom is 0.236 e. The van der Waals surface area contributed by atoms with Crippen LogP contribution in [0, 0.1) is 5.92 Å². The number of hydrogen-bond acceptors (Lipinski definition) is 4. The van der Waals surface area contributed by atoms with Crippen LogP contribution in [0.3, 0.4) is 0 Å². The molecule has 0 spiro atoms. The number of likely N-dealkylation sites (N-methyl/N-ethyl adjacent to an activating group) is 1. The Morgan fingerprint density at radius 3 is 2.18 bits per heavy atom. The summed E-state index contributed by atoms with van der Waals surface area (Å²) in [7, 11) is 1.97. The van der Waals surface area contributed by atoms with Gasteiger partial charge in [-0.05, 0) is 32.0 Å². The van der Waals surface area contributed by atoms with E-state index in [4.69, 9.17) is 5.10 Å². The van der Waals surface area contributed by atoms with Crippen LogP contribution in [0.4, 0.5) is 0 Å². The lowest BCUT2D eigenvalue weighted by Crippen LogP contribution is -2.52. The fourth-order valence-corrected chi connectivity index (χ4v) is 4.52. The highest BCUT2D eigenvalue weighted by molar-refractivity contribution is 5.82. The minimum atomic E-state index is 0.109. The number of benzene rings is 2. The Morgan fingerprint density at radius 2 is 1.53 bits per heavy atom. The van der Waals surface area contributed by atoms with Gasteiger partial charge in [-0.25, -0.2) is 4.68 Å². The highest BCUT2D eigenvalue weighted by Gasteiger charge is 2.35. The number of carbonyl (C=O) groups excluding carboxylic acids is 2. The van der Waals surface area contributed by atoms with Gasteiger partial charge in [-0.3, -0.25) is 14.5 Å². The summed E-state index contributed by atoms with van der Waals surface area (Å²) in [4.78, 5) is 31.1. The smallest absolute Gasteiger partial charge is 0.236 e. The first-order valence-corrected chi connectivity index (χ1v) is 12.0. The molecule has 7 nitrogen and oxygen atoms in total. The Morgan fingerprint density at radius 1 is 0.912 bits per heavy atom. The summed E-state index contributed by atoms with van der Waals surface area (Å²) in [5.74, 6) is 0.620. The Bertz CT molecular complexity index is 1130. The molecule has 34 heavy (non-hydrogen) atoms. The molecule has 2 aliphatic rings. The molecular formula is C27H31N5O2. The normalized spacial score (nSPS) is 16.2. The van der Waals surface area contributed by atoms with Crippen molar-refractivity contribution in [2.24, 2.45) is 5.92 Å². The molecule has 1 saturated heterocycles. The molecule has 1 aliphatic carbocycles. The maximum absolute atomic E-state index is 13.0. The van der Waals surface area contributed by atoms with E-state index in [0.717, 1.165) is 35.3 Å². The molecule has 0 bridgehead atoms. The van der Waals surface area contributed by atoms with E-state index in [1.807, 2.05) is 75.0 Å². The van der Waals surface area contributed by atoms with Crippen LogP contribution in [0.5, 0.6) is 0 Å². The molecule has 0 atom stereocenters. The molecule has 3 aromatic rings. The van der Waals surface area contributed by atoms with Crippen molar-refractivity contribution in [3.05, 3.63) is 72.4 Å². The lowest BCUT2D eigenvalue weighted by molar-refractivity contribution is -0.140. The van der Waals surface area contributed by atoms with E-state index >= 15 is 0 Å². The average molecular weight is 458 g/mol. The van der Waals surface area contributed by atoms with Crippen LogP contribution in [0.2, 0.25) is 0 Å². The van der Waals surface area contributed by atoms with Crippen LogP contribution in [0.1, 0.15) is 18.4 Å². The SMILES string of the molecule is CN(CC(=O)N1CCN(C(=O)C2CC2)CC1)Cc1cn(-c2ccccc2)nc1-c1ccccc1. The molecule has 1 saturated carbocycles. The topological polar surface area (TPSA) is 61.7 Å². The summed E-state index contributed by atoms with van der Waals surface area (Å²) in [5.41, 5.74) is 4.06. The van der Waals surface area contributed by atoms with E-state index in [1.165, 1.54) is 0 Å². The molecule has 2 aromatic carbocycles. The molecule has 0 unspecified atom stereocenters. The van der Waals surface area contributed by atoms with Crippen LogP contribution >= 0.6 is 0 Å². The number of amides is 2.